The molecule has 4 aromatic heterocycles. The Morgan fingerprint density at radius 1 is 1.20 bits per heavy atom. The average Bonchev–Trinajstić information content (AvgIpc) is 3.46. The first-order chi connectivity index (χ1) is 16.8. The summed E-state index contributed by atoms with van der Waals surface area (Å²) >= 11 is 0. The third-order valence-electron chi connectivity index (χ3n) is 5.43. The summed E-state index contributed by atoms with van der Waals surface area (Å²) in [6.45, 7) is 6.09. The fraction of sp³-hybridized carbons (Fsp3) is 0.391. The van der Waals surface area contributed by atoms with E-state index in [1.54, 1.807) is 45.4 Å². The molecule has 1 aliphatic heterocycles. The van der Waals surface area contributed by atoms with Crippen molar-refractivity contribution in [3.8, 4) is 17.3 Å². The molecule has 0 radical (unpaired) electrons. The summed E-state index contributed by atoms with van der Waals surface area (Å²) in [6, 6.07) is 4.08. The molecule has 5 heterocycles. The van der Waals surface area contributed by atoms with Crippen LogP contribution in [0.25, 0.3) is 28.4 Å². The molecule has 0 aliphatic carbocycles. The van der Waals surface area contributed by atoms with Gasteiger partial charge in [0.2, 0.25) is 0 Å². The van der Waals surface area contributed by atoms with Gasteiger partial charge in [0.1, 0.15) is 16.8 Å². The zero-order chi connectivity index (χ0) is 24.6. The lowest BCUT2D eigenvalue weighted by atomic mass is 10.0. The van der Waals surface area contributed by atoms with E-state index in [0.29, 0.717) is 42.3 Å². The summed E-state index contributed by atoms with van der Waals surface area (Å²) in [5.41, 5.74) is 0.749. The number of aromatic nitrogens is 7. The minimum Gasteiger partial charge on any atom is -0.444 e. The highest BCUT2D eigenvalue weighted by atomic mass is 19.1. The molecule has 5 rings (SSSR count). The van der Waals surface area contributed by atoms with Gasteiger partial charge in [0.05, 0.1) is 49.4 Å². The zero-order valence-electron chi connectivity index (χ0n) is 19.6. The van der Waals surface area contributed by atoms with Crippen LogP contribution in [0.5, 0.6) is 0 Å². The van der Waals surface area contributed by atoms with Crippen molar-refractivity contribution in [2.75, 3.05) is 13.2 Å². The maximum Gasteiger partial charge on any atom is 0.407 e. The van der Waals surface area contributed by atoms with Crippen molar-refractivity contribution >= 4 is 17.1 Å². The topological polar surface area (TPSA) is 122 Å². The Labute approximate surface area is 200 Å². The second kappa shape index (κ2) is 9.02. The van der Waals surface area contributed by atoms with Crippen molar-refractivity contribution in [3.63, 3.8) is 0 Å². The Balaban J connectivity index is 1.55. The van der Waals surface area contributed by atoms with E-state index in [-0.39, 0.29) is 17.8 Å². The van der Waals surface area contributed by atoms with Crippen LogP contribution >= 0.6 is 0 Å². The lowest BCUT2D eigenvalue weighted by Crippen LogP contribution is -2.45. The molecule has 2 unspecified atom stereocenters. The molecule has 2 atom stereocenters. The van der Waals surface area contributed by atoms with Gasteiger partial charge < -0.3 is 19.4 Å². The maximum absolute atomic E-state index is 14.8. The van der Waals surface area contributed by atoms with Crippen LogP contribution in [0.1, 0.15) is 33.2 Å². The lowest BCUT2D eigenvalue weighted by Gasteiger charge is -2.32. The van der Waals surface area contributed by atoms with E-state index in [1.807, 2.05) is 4.57 Å². The number of ether oxygens (including phenoxy) is 2. The summed E-state index contributed by atoms with van der Waals surface area (Å²) < 4.78 is 27.9. The fourth-order valence-corrected chi connectivity index (χ4v) is 4.08. The molecule has 182 valence electrons. The Morgan fingerprint density at radius 2 is 2.00 bits per heavy atom. The number of nitrogens with one attached hydrogen (secondary N) is 1. The van der Waals surface area contributed by atoms with Gasteiger partial charge in [0.25, 0.3) is 0 Å². The fourth-order valence-electron chi connectivity index (χ4n) is 4.08. The largest absolute Gasteiger partial charge is 0.444 e. The van der Waals surface area contributed by atoms with Crippen LogP contribution in [0.2, 0.25) is 0 Å². The maximum atomic E-state index is 14.8. The number of pyridine rings is 2. The Kier molecular flexibility index (Phi) is 5.89. The molecule has 1 amide bonds. The van der Waals surface area contributed by atoms with E-state index in [0.717, 1.165) is 0 Å². The van der Waals surface area contributed by atoms with Gasteiger partial charge in [-0.3, -0.25) is 0 Å². The molecule has 1 aliphatic rings. The highest BCUT2D eigenvalue weighted by Gasteiger charge is 2.31. The molecule has 4 aromatic rings. The third-order valence-corrected chi connectivity index (χ3v) is 5.43. The molecule has 0 spiro atoms. The van der Waals surface area contributed by atoms with Crippen molar-refractivity contribution < 1.29 is 18.7 Å². The normalized spacial score (nSPS) is 18.5. The number of fused-ring (bicyclic) bond motifs is 1. The Morgan fingerprint density at radius 3 is 2.74 bits per heavy atom. The predicted molar refractivity (Wildman–Crippen MR) is 123 cm³/mol. The first kappa shape index (κ1) is 22.8. The number of halogens is 1. The third kappa shape index (κ3) is 4.83. The number of nitrogens with zero attached hydrogens (tertiary/aromatic N) is 7. The second-order valence-corrected chi connectivity index (χ2v) is 9.26. The minimum absolute atomic E-state index is 0.115. The van der Waals surface area contributed by atoms with Gasteiger partial charge in [0, 0.05) is 12.3 Å². The Bertz CT molecular complexity index is 1350. The Hall–Kier alpha value is -3.93. The van der Waals surface area contributed by atoms with Crippen LogP contribution in [0.4, 0.5) is 9.18 Å². The summed E-state index contributed by atoms with van der Waals surface area (Å²) in [7, 11) is 0. The molecule has 12 heteroatoms. The van der Waals surface area contributed by atoms with Gasteiger partial charge in [-0.1, -0.05) is 0 Å². The van der Waals surface area contributed by atoms with Gasteiger partial charge in [0.15, 0.2) is 17.5 Å². The SMILES string of the molecule is CC(C)(C)OC(=O)NC1COCC(n2c(-c3ncccc3F)nc3cnc(-n4nccn4)cc32)C1. The van der Waals surface area contributed by atoms with E-state index in [2.05, 4.69) is 30.5 Å². The summed E-state index contributed by atoms with van der Waals surface area (Å²) in [5, 5.41) is 11.2. The summed E-state index contributed by atoms with van der Waals surface area (Å²) in [6.07, 6.45) is 6.22. The van der Waals surface area contributed by atoms with Gasteiger partial charge in [-0.15, -0.1) is 4.80 Å². The molecule has 0 bridgehead atoms. The first-order valence-electron chi connectivity index (χ1n) is 11.2. The van der Waals surface area contributed by atoms with Crippen LogP contribution in [0, 0.1) is 5.82 Å². The van der Waals surface area contributed by atoms with Crippen LogP contribution in [0.3, 0.4) is 0 Å². The molecule has 1 N–H and O–H groups in total. The van der Waals surface area contributed by atoms with Crippen LogP contribution in [-0.2, 0) is 9.47 Å². The number of amides is 1. The molecule has 1 fully saturated rings. The first-order valence-corrected chi connectivity index (χ1v) is 11.2. The van der Waals surface area contributed by atoms with Crippen molar-refractivity contribution in [2.24, 2.45) is 0 Å². The molecule has 35 heavy (non-hydrogen) atoms. The minimum atomic E-state index is -0.618. The number of alkyl carbamates (subject to hydrolysis) is 1. The number of hydrogen-bond donors (Lipinski definition) is 1. The smallest absolute Gasteiger partial charge is 0.407 e. The quantitative estimate of drug-likeness (QED) is 0.473. The predicted octanol–water partition coefficient (Wildman–Crippen LogP) is 3.07. The molecular formula is C23H25FN8O3. The summed E-state index contributed by atoms with van der Waals surface area (Å²) in [5.74, 6) is 0.333. The molecule has 0 saturated carbocycles. The summed E-state index contributed by atoms with van der Waals surface area (Å²) in [4.78, 5) is 27.0. The zero-order valence-corrected chi connectivity index (χ0v) is 19.6. The van der Waals surface area contributed by atoms with Gasteiger partial charge >= 0.3 is 6.09 Å². The number of carbonyl (C=O) groups excluding carboxylic acids is 1. The van der Waals surface area contributed by atoms with Gasteiger partial charge in [-0.05, 0) is 39.3 Å². The van der Waals surface area contributed by atoms with E-state index in [9.17, 15) is 9.18 Å². The van der Waals surface area contributed by atoms with Crippen LogP contribution in [0.15, 0.2) is 43.0 Å². The lowest BCUT2D eigenvalue weighted by molar-refractivity contribution is 0.0202. The molecule has 11 nitrogen and oxygen atoms in total. The van der Waals surface area contributed by atoms with Crippen LogP contribution < -0.4 is 5.32 Å². The van der Waals surface area contributed by atoms with Crippen molar-refractivity contribution in [3.05, 3.63) is 48.8 Å². The average molecular weight is 481 g/mol. The highest BCUT2D eigenvalue weighted by molar-refractivity contribution is 5.81. The van der Waals surface area contributed by atoms with Gasteiger partial charge in [-0.2, -0.15) is 10.2 Å². The monoisotopic (exact) mass is 480 g/mol. The number of imidazole rings is 1. The van der Waals surface area contributed by atoms with E-state index >= 15 is 0 Å². The molecule has 1 saturated heterocycles. The van der Waals surface area contributed by atoms with Crippen molar-refractivity contribution in [1.82, 2.24) is 39.8 Å². The van der Waals surface area contributed by atoms with E-state index < -0.39 is 17.5 Å². The van der Waals surface area contributed by atoms with Crippen LogP contribution in [-0.4, -0.2) is 65.5 Å². The number of hydrogen-bond acceptors (Lipinski definition) is 8. The number of carbonyl (C=O) groups is 1. The van der Waals surface area contributed by atoms with E-state index in [1.165, 1.54) is 23.1 Å². The molecule has 0 aromatic carbocycles. The van der Waals surface area contributed by atoms with Crippen molar-refractivity contribution in [1.29, 1.82) is 0 Å². The highest BCUT2D eigenvalue weighted by Crippen LogP contribution is 2.33. The molecular weight excluding hydrogens is 455 g/mol. The van der Waals surface area contributed by atoms with Crippen molar-refractivity contribution in [2.45, 2.75) is 44.9 Å². The van der Waals surface area contributed by atoms with E-state index in [4.69, 9.17) is 9.47 Å². The number of rotatable bonds is 4. The second-order valence-electron chi connectivity index (χ2n) is 9.26. The standard InChI is InChI=1S/C23H25FN8O3/c1-23(2,3)35-22(33)29-14-9-15(13-34-12-14)31-18-10-19(32-27-7-8-28-32)26-11-17(18)30-21(31)20-16(24)5-4-6-25-20/h4-8,10-11,14-15H,9,12-13H2,1-3H3,(H,29,33). The van der Waals surface area contributed by atoms with Gasteiger partial charge in [-0.25, -0.2) is 24.1 Å².